The molecule has 174 valence electrons. The molecule has 2 fully saturated rings. The Hall–Kier alpha value is -2.77. The van der Waals surface area contributed by atoms with E-state index in [9.17, 15) is 0 Å². The first-order chi connectivity index (χ1) is 16.3. The zero-order valence-corrected chi connectivity index (χ0v) is 19.5. The maximum absolute atomic E-state index is 5.49. The molecule has 1 atom stereocenters. The topological polar surface area (TPSA) is 59.3 Å². The minimum absolute atomic E-state index is 0.122. The van der Waals surface area contributed by atoms with E-state index in [0.29, 0.717) is 6.54 Å². The molecule has 0 bridgehead atoms. The van der Waals surface area contributed by atoms with Crippen molar-refractivity contribution in [3.05, 3.63) is 71.5 Å². The van der Waals surface area contributed by atoms with Gasteiger partial charge in [-0.05, 0) is 65.9 Å². The average molecular weight is 447 g/mol. The predicted octanol–water partition coefficient (Wildman–Crippen LogP) is 3.57. The molecule has 0 spiro atoms. The van der Waals surface area contributed by atoms with E-state index < -0.39 is 0 Å². The Morgan fingerprint density at radius 2 is 1.79 bits per heavy atom. The molecule has 0 amide bonds. The Balaban J connectivity index is 1.41. The number of aromatic nitrogens is 4. The second-order valence-corrected chi connectivity index (χ2v) is 9.26. The van der Waals surface area contributed by atoms with Gasteiger partial charge in [-0.15, -0.1) is 5.10 Å². The molecular weight excluding hydrogens is 412 g/mol. The third kappa shape index (κ3) is 5.25. The molecule has 33 heavy (non-hydrogen) atoms. The molecule has 1 aliphatic heterocycles. The summed E-state index contributed by atoms with van der Waals surface area (Å²) in [5.41, 5.74) is 2.45. The van der Waals surface area contributed by atoms with Crippen LogP contribution in [-0.4, -0.2) is 69.3 Å². The van der Waals surface area contributed by atoms with Crippen LogP contribution in [0.2, 0.25) is 0 Å². The molecule has 1 saturated heterocycles. The molecule has 0 N–H and O–H groups in total. The Labute approximate surface area is 196 Å². The highest BCUT2D eigenvalue weighted by Crippen LogP contribution is 2.29. The van der Waals surface area contributed by atoms with Crippen LogP contribution in [-0.2, 0) is 13.0 Å². The molecule has 1 aliphatic carbocycles. The lowest BCUT2D eigenvalue weighted by molar-refractivity contribution is 0.124. The highest BCUT2D eigenvalue weighted by atomic mass is 16.5. The van der Waals surface area contributed by atoms with Gasteiger partial charge in [-0.2, -0.15) is 0 Å². The van der Waals surface area contributed by atoms with E-state index in [-0.39, 0.29) is 6.04 Å². The van der Waals surface area contributed by atoms with Crippen molar-refractivity contribution in [1.82, 2.24) is 30.0 Å². The number of hydrogen-bond acceptors (Lipinski definition) is 6. The lowest BCUT2D eigenvalue weighted by Gasteiger charge is -2.37. The first-order valence-corrected chi connectivity index (χ1v) is 12.2. The monoisotopic (exact) mass is 446 g/mol. The number of rotatable bonds is 8. The summed E-state index contributed by atoms with van der Waals surface area (Å²) in [6, 6.07) is 19.7. The van der Waals surface area contributed by atoms with Crippen molar-refractivity contribution in [3.63, 3.8) is 0 Å². The van der Waals surface area contributed by atoms with Crippen LogP contribution >= 0.6 is 0 Å². The van der Waals surface area contributed by atoms with Crippen molar-refractivity contribution in [2.75, 3.05) is 33.3 Å². The fourth-order valence-corrected chi connectivity index (χ4v) is 5.11. The molecule has 2 aliphatic rings. The first kappa shape index (κ1) is 22.0. The van der Waals surface area contributed by atoms with Gasteiger partial charge in [-0.3, -0.25) is 9.80 Å². The summed E-state index contributed by atoms with van der Waals surface area (Å²) in [6.07, 6.45) is 6.16. The Morgan fingerprint density at radius 3 is 2.58 bits per heavy atom. The lowest BCUT2D eigenvalue weighted by atomic mass is 9.91. The van der Waals surface area contributed by atoms with Crippen LogP contribution in [0.1, 0.15) is 48.7 Å². The van der Waals surface area contributed by atoms with Crippen LogP contribution in [0.5, 0.6) is 5.75 Å². The molecule has 0 radical (unpaired) electrons. The molecule has 5 rings (SSSR count). The minimum atomic E-state index is 0.122. The van der Waals surface area contributed by atoms with Gasteiger partial charge in [-0.25, -0.2) is 4.68 Å². The zero-order chi connectivity index (χ0) is 22.5. The second kappa shape index (κ2) is 10.4. The molecule has 1 unspecified atom stereocenters. The van der Waals surface area contributed by atoms with Gasteiger partial charge >= 0.3 is 0 Å². The van der Waals surface area contributed by atoms with Crippen LogP contribution < -0.4 is 4.74 Å². The summed E-state index contributed by atoms with van der Waals surface area (Å²) in [5, 5.41) is 13.0. The molecule has 2 aromatic carbocycles. The van der Waals surface area contributed by atoms with Crippen LogP contribution in [0.15, 0.2) is 54.6 Å². The van der Waals surface area contributed by atoms with Crippen molar-refractivity contribution < 1.29 is 4.74 Å². The molecule has 1 saturated carbocycles. The second-order valence-electron chi connectivity index (χ2n) is 9.26. The smallest absolute Gasteiger partial charge is 0.169 e. The Bertz CT molecular complexity index is 1020. The van der Waals surface area contributed by atoms with E-state index in [2.05, 4.69) is 67.8 Å². The van der Waals surface area contributed by atoms with Gasteiger partial charge in [0.1, 0.15) is 5.75 Å². The van der Waals surface area contributed by atoms with Crippen molar-refractivity contribution in [3.8, 4) is 5.75 Å². The van der Waals surface area contributed by atoms with Gasteiger partial charge in [-0.1, -0.05) is 48.9 Å². The SMILES string of the molecule is COc1cccc(CC(c2nnnn2Cc2ccccc2)N2CCCN(C3CCC3)CC2)c1. The van der Waals surface area contributed by atoms with E-state index in [1.165, 1.54) is 43.4 Å². The summed E-state index contributed by atoms with van der Waals surface area (Å²) < 4.78 is 7.47. The number of methoxy groups -OCH3 is 1. The highest BCUT2D eigenvalue weighted by Gasteiger charge is 2.31. The van der Waals surface area contributed by atoms with Crippen LogP contribution in [0.3, 0.4) is 0 Å². The summed E-state index contributed by atoms with van der Waals surface area (Å²) in [6.45, 7) is 5.11. The fraction of sp³-hybridized carbons (Fsp3) is 0.500. The van der Waals surface area contributed by atoms with Gasteiger partial charge in [0, 0.05) is 25.7 Å². The van der Waals surface area contributed by atoms with Gasteiger partial charge in [0.25, 0.3) is 0 Å². The van der Waals surface area contributed by atoms with E-state index >= 15 is 0 Å². The number of tetrazole rings is 1. The van der Waals surface area contributed by atoms with E-state index in [4.69, 9.17) is 4.74 Å². The van der Waals surface area contributed by atoms with E-state index in [0.717, 1.165) is 43.7 Å². The van der Waals surface area contributed by atoms with Gasteiger partial charge < -0.3 is 4.74 Å². The molecule has 7 nitrogen and oxygen atoms in total. The average Bonchev–Trinajstić information content (AvgIpc) is 3.13. The van der Waals surface area contributed by atoms with Crippen molar-refractivity contribution >= 4 is 0 Å². The summed E-state index contributed by atoms with van der Waals surface area (Å²) in [7, 11) is 1.72. The number of nitrogens with zero attached hydrogens (tertiary/aromatic N) is 6. The largest absolute Gasteiger partial charge is 0.497 e. The summed E-state index contributed by atoms with van der Waals surface area (Å²) >= 11 is 0. The van der Waals surface area contributed by atoms with Gasteiger partial charge in [0.15, 0.2) is 5.82 Å². The standard InChI is InChI=1S/C26H34N6O/c1-33-24-13-5-10-22(18-24)19-25(31-15-7-14-30(16-17-31)23-11-6-12-23)26-27-28-29-32(26)20-21-8-3-2-4-9-21/h2-5,8-10,13,18,23,25H,6-7,11-12,14-17,19-20H2,1H3. The third-order valence-corrected chi connectivity index (χ3v) is 7.19. The molecule has 2 heterocycles. The fourth-order valence-electron chi connectivity index (χ4n) is 5.11. The Morgan fingerprint density at radius 1 is 0.939 bits per heavy atom. The van der Waals surface area contributed by atoms with Crippen molar-refractivity contribution in [1.29, 1.82) is 0 Å². The number of ether oxygens (including phenoxy) is 1. The van der Waals surface area contributed by atoms with Crippen LogP contribution in [0.4, 0.5) is 0 Å². The molecule has 1 aromatic heterocycles. The van der Waals surface area contributed by atoms with E-state index in [1.54, 1.807) is 7.11 Å². The molecular formula is C26H34N6O. The summed E-state index contributed by atoms with van der Waals surface area (Å²) in [5.74, 6) is 1.83. The zero-order valence-electron chi connectivity index (χ0n) is 19.5. The number of benzene rings is 2. The number of hydrogen-bond donors (Lipinski definition) is 0. The van der Waals surface area contributed by atoms with Crippen LogP contribution in [0, 0.1) is 0 Å². The third-order valence-electron chi connectivity index (χ3n) is 7.19. The summed E-state index contributed by atoms with van der Waals surface area (Å²) in [4.78, 5) is 5.31. The highest BCUT2D eigenvalue weighted by molar-refractivity contribution is 5.29. The lowest BCUT2D eigenvalue weighted by Crippen LogP contribution is -2.42. The van der Waals surface area contributed by atoms with Crippen molar-refractivity contribution in [2.24, 2.45) is 0 Å². The van der Waals surface area contributed by atoms with Crippen LogP contribution in [0.25, 0.3) is 0 Å². The Kier molecular flexibility index (Phi) is 6.98. The maximum Gasteiger partial charge on any atom is 0.169 e. The normalized spacial score (nSPS) is 19.1. The van der Waals surface area contributed by atoms with E-state index in [1.807, 2.05) is 16.8 Å². The molecule has 7 heteroatoms. The van der Waals surface area contributed by atoms with Gasteiger partial charge in [0.2, 0.25) is 0 Å². The minimum Gasteiger partial charge on any atom is -0.497 e. The van der Waals surface area contributed by atoms with Gasteiger partial charge in [0.05, 0.1) is 19.7 Å². The predicted molar refractivity (Wildman–Crippen MR) is 128 cm³/mol. The first-order valence-electron chi connectivity index (χ1n) is 12.2. The molecule has 3 aromatic rings. The maximum atomic E-state index is 5.49. The quantitative estimate of drug-likeness (QED) is 0.527. The van der Waals surface area contributed by atoms with Crippen molar-refractivity contribution in [2.45, 2.75) is 50.7 Å².